The van der Waals surface area contributed by atoms with Gasteiger partial charge in [-0.05, 0) is 61.6 Å². The molecule has 1 fully saturated rings. The number of carbonyl (C=O) groups is 1. The molecule has 6 nitrogen and oxygen atoms in total. The Bertz CT molecular complexity index is 1330. The van der Waals surface area contributed by atoms with Crippen LogP contribution in [0.15, 0.2) is 52.4 Å². The summed E-state index contributed by atoms with van der Waals surface area (Å²) in [6, 6.07) is 10.7. The van der Waals surface area contributed by atoms with Crippen LogP contribution in [-0.4, -0.2) is 48.3 Å². The Labute approximate surface area is 205 Å². The number of hydrogen-bond donors (Lipinski definition) is 0. The summed E-state index contributed by atoms with van der Waals surface area (Å²) in [6.07, 6.45) is 2.81. The monoisotopic (exact) mass is 527 g/mol. The topological polar surface area (TPSA) is 71.7 Å². The molecule has 1 aromatic heterocycles. The maximum Gasteiger partial charge on any atom is 0.251 e. The molecule has 0 unspecified atom stereocenters. The number of aromatic nitrogens is 1. The van der Waals surface area contributed by atoms with Crippen molar-refractivity contribution in [1.29, 1.82) is 0 Å². The zero-order chi connectivity index (χ0) is 23.6. The van der Waals surface area contributed by atoms with E-state index in [1.165, 1.54) is 39.9 Å². The van der Waals surface area contributed by atoms with Gasteiger partial charge in [0.25, 0.3) is 5.91 Å². The van der Waals surface area contributed by atoms with Gasteiger partial charge in [-0.3, -0.25) is 4.79 Å². The third-order valence-corrected chi connectivity index (χ3v) is 9.42. The summed E-state index contributed by atoms with van der Waals surface area (Å²) < 4.78 is 43.5. The van der Waals surface area contributed by atoms with E-state index in [9.17, 15) is 17.6 Å². The molecular weight excluding hydrogens is 505 g/mol. The van der Waals surface area contributed by atoms with E-state index in [2.05, 4.69) is 4.99 Å². The van der Waals surface area contributed by atoms with Gasteiger partial charge in [-0.2, -0.15) is 21.1 Å². The number of piperidine rings is 1. The molecule has 0 aliphatic carbocycles. The van der Waals surface area contributed by atoms with Crippen LogP contribution in [0.25, 0.3) is 10.2 Å². The van der Waals surface area contributed by atoms with Gasteiger partial charge in [-0.1, -0.05) is 22.9 Å². The molecule has 33 heavy (non-hydrogen) atoms. The number of halogens is 2. The first-order chi connectivity index (χ1) is 15.8. The SMILES string of the molecule is CSCCn1c(=NC(=O)C2CCN(S(=O)(=O)c3ccc(Cl)cc3)CC2)sc2cc(F)ccc21. The number of benzene rings is 2. The minimum absolute atomic E-state index is 0.189. The first-order valence-corrected chi connectivity index (χ1v) is 14.4. The lowest BCUT2D eigenvalue weighted by molar-refractivity contribution is -0.122. The van der Waals surface area contributed by atoms with Crippen LogP contribution in [-0.2, 0) is 21.4 Å². The minimum Gasteiger partial charge on any atom is -0.316 e. The Morgan fingerprint density at radius 3 is 2.58 bits per heavy atom. The average Bonchev–Trinajstić information content (AvgIpc) is 3.13. The van der Waals surface area contributed by atoms with Crippen molar-refractivity contribution in [2.45, 2.75) is 24.3 Å². The van der Waals surface area contributed by atoms with Crippen molar-refractivity contribution in [2.75, 3.05) is 25.1 Å². The van der Waals surface area contributed by atoms with E-state index >= 15 is 0 Å². The van der Waals surface area contributed by atoms with Crippen molar-refractivity contribution in [1.82, 2.24) is 8.87 Å². The third-order valence-electron chi connectivity index (χ3n) is 5.62. The highest BCUT2D eigenvalue weighted by Crippen LogP contribution is 2.26. The number of fused-ring (bicyclic) bond motifs is 1. The van der Waals surface area contributed by atoms with Crippen molar-refractivity contribution >= 4 is 60.8 Å². The molecule has 1 saturated heterocycles. The molecule has 11 heteroatoms. The Morgan fingerprint density at radius 2 is 1.91 bits per heavy atom. The van der Waals surface area contributed by atoms with Crippen molar-refractivity contribution in [3.63, 3.8) is 0 Å². The number of thioether (sulfide) groups is 1. The number of nitrogens with zero attached hydrogens (tertiary/aromatic N) is 3. The molecule has 0 radical (unpaired) electrons. The highest BCUT2D eigenvalue weighted by Gasteiger charge is 2.32. The molecule has 1 aliphatic rings. The van der Waals surface area contributed by atoms with Gasteiger partial charge in [0, 0.05) is 36.3 Å². The number of sulfonamides is 1. The van der Waals surface area contributed by atoms with Gasteiger partial charge in [0.2, 0.25) is 10.0 Å². The summed E-state index contributed by atoms with van der Waals surface area (Å²) in [4.78, 5) is 18.1. The van der Waals surface area contributed by atoms with Gasteiger partial charge in [0.1, 0.15) is 5.82 Å². The second-order valence-corrected chi connectivity index (χ2v) is 12.1. The van der Waals surface area contributed by atoms with Crippen LogP contribution < -0.4 is 4.80 Å². The molecule has 0 N–H and O–H groups in total. The quantitative estimate of drug-likeness (QED) is 0.477. The molecule has 176 valence electrons. The number of amides is 1. The summed E-state index contributed by atoms with van der Waals surface area (Å²) in [5, 5.41) is 0.471. The van der Waals surface area contributed by atoms with Gasteiger partial charge in [-0.15, -0.1) is 0 Å². The molecule has 0 bridgehead atoms. The van der Waals surface area contributed by atoms with E-state index < -0.39 is 10.0 Å². The Balaban J connectivity index is 1.52. The maximum atomic E-state index is 13.7. The highest BCUT2D eigenvalue weighted by molar-refractivity contribution is 7.98. The number of carbonyl (C=O) groups excluding carboxylic acids is 1. The van der Waals surface area contributed by atoms with Crippen LogP contribution in [0.3, 0.4) is 0 Å². The zero-order valence-electron chi connectivity index (χ0n) is 17.9. The van der Waals surface area contributed by atoms with Crippen LogP contribution in [0, 0.1) is 11.7 Å². The summed E-state index contributed by atoms with van der Waals surface area (Å²) in [6.45, 7) is 1.17. The molecule has 2 aromatic carbocycles. The second kappa shape index (κ2) is 10.3. The summed E-state index contributed by atoms with van der Waals surface area (Å²) in [5.41, 5.74) is 0.853. The molecule has 0 spiro atoms. The van der Waals surface area contributed by atoms with Gasteiger partial charge in [0.15, 0.2) is 4.80 Å². The van der Waals surface area contributed by atoms with Crippen LogP contribution in [0.4, 0.5) is 4.39 Å². The van der Waals surface area contributed by atoms with Crippen LogP contribution in [0.5, 0.6) is 0 Å². The lowest BCUT2D eigenvalue weighted by atomic mass is 9.98. The summed E-state index contributed by atoms with van der Waals surface area (Å²) in [7, 11) is -3.63. The molecule has 4 rings (SSSR count). The first-order valence-electron chi connectivity index (χ1n) is 10.4. The molecule has 2 heterocycles. The third kappa shape index (κ3) is 5.35. The molecule has 3 aromatic rings. The second-order valence-electron chi connectivity index (χ2n) is 7.72. The number of rotatable bonds is 6. The number of thiazole rings is 1. The van der Waals surface area contributed by atoms with Gasteiger partial charge >= 0.3 is 0 Å². The predicted molar refractivity (Wildman–Crippen MR) is 132 cm³/mol. The normalized spacial score (nSPS) is 16.5. The van der Waals surface area contributed by atoms with Crippen molar-refractivity contribution in [3.05, 3.63) is 58.1 Å². The Hall–Kier alpha value is -1.72. The minimum atomic E-state index is -3.63. The largest absolute Gasteiger partial charge is 0.316 e. The van der Waals surface area contributed by atoms with E-state index in [0.29, 0.717) is 29.2 Å². The smallest absolute Gasteiger partial charge is 0.251 e. The van der Waals surface area contributed by atoms with E-state index in [1.807, 2.05) is 10.8 Å². The van der Waals surface area contributed by atoms with Gasteiger partial charge < -0.3 is 4.57 Å². The Morgan fingerprint density at radius 1 is 1.21 bits per heavy atom. The summed E-state index contributed by atoms with van der Waals surface area (Å²) in [5.74, 6) is -0.0973. The van der Waals surface area contributed by atoms with Crippen LogP contribution >= 0.6 is 34.7 Å². The van der Waals surface area contributed by atoms with Crippen molar-refractivity contribution < 1.29 is 17.6 Å². The fourth-order valence-electron chi connectivity index (χ4n) is 3.82. The molecule has 0 saturated carbocycles. The van der Waals surface area contributed by atoms with Crippen LogP contribution in [0.1, 0.15) is 12.8 Å². The van der Waals surface area contributed by atoms with Gasteiger partial charge in [-0.25, -0.2) is 12.8 Å². The van der Waals surface area contributed by atoms with Crippen LogP contribution in [0.2, 0.25) is 5.02 Å². The maximum absolute atomic E-state index is 13.7. The lowest BCUT2D eigenvalue weighted by Gasteiger charge is -2.29. The predicted octanol–water partition coefficient (Wildman–Crippen LogP) is 4.39. The summed E-state index contributed by atoms with van der Waals surface area (Å²) >= 11 is 8.84. The standard InChI is InChI=1S/C22H23ClFN3O3S3/c1-31-13-12-27-19-7-4-17(24)14-20(19)32-22(27)25-21(28)15-8-10-26(11-9-15)33(29,30)18-5-2-16(23)3-6-18/h2-7,14-15H,8-13H2,1H3. The van der Waals surface area contributed by atoms with E-state index in [4.69, 9.17) is 11.6 Å². The van der Waals surface area contributed by atoms with E-state index in [1.54, 1.807) is 30.0 Å². The van der Waals surface area contributed by atoms with Crippen molar-refractivity contribution in [2.24, 2.45) is 10.9 Å². The number of aryl methyl sites for hydroxylation is 1. The fourth-order valence-corrected chi connectivity index (χ4v) is 6.86. The average molecular weight is 528 g/mol. The zero-order valence-corrected chi connectivity index (χ0v) is 21.1. The highest BCUT2D eigenvalue weighted by atomic mass is 35.5. The van der Waals surface area contributed by atoms with E-state index in [0.717, 1.165) is 16.0 Å². The number of hydrogen-bond acceptors (Lipinski definition) is 5. The van der Waals surface area contributed by atoms with Gasteiger partial charge in [0.05, 0.1) is 15.1 Å². The molecular formula is C22H23ClFN3O3S3. The molecule has 1 amide bonds. The first kappa shape index (κ1) is 24.4. The lowest BCUT2D eigenvalue weighted by Crippen LogP contribution is -2.40. The molecule has 1 aliphatic heterocycles. The molecule has 0 atom stereocenters. The van der Waals surface area contributed by atoms with E-state index in [-0.39, 0.29) is 35.6 Å². The Kier molecular flexibility index (Phi) is 7.59. The fraction of sp³-hybridized carbons (Fsp3) is 0.364. The van der Waals surface area contributed by atoms with Crippen molar-refractivity contribution in [3.8, 4) is 0 Å².